The van der Waals surface area contributed by atoms with Crippen LogP contribution >= 0.6 is 11.8 Å². The number of nitro benzene ring substituents is 1. The van der Waals surface area contributed by atoms with Gasteiger partial charge in [-0.2, -0.15) is 4.39 Å². The van der Waals surface area contributed by atoms with Crippen LogP contribution in [0.1, 0.15) is 5.56 Å². The van der Waals surface area contributed by atoms with Crippen LogP contribution in [0, 0.1) is 21.3 Å². The first kappa shape index (κ1) is 11.4. The van der Waals surface area contributed by atoms with Gasteiger partial charge in [-0.1, -0.05) is 23.9 Å². The quantitative estimate of drug-likeness (QED) is 0.358. The van der Waals surface area contributed by atoms with Gasteiger partial charge in [0.25, 0.3) is 0 Å². The third-order valence-corrected chi connectivity index (χ3v) is 2.40. The van der Waals surface area contributed by atoms with Gasteiger partial charge in [0.05, 0.1) is 4.92 Å². The fourth-order valence-corrected chi connectivity index (χ4v) is 1.51. The summed E-state index contributed by atoms with van der Waals surface area (Å²) in [6.45, 7) is 0. The molecule has 0 heterocycles. The Labute approximate surface area is 89.1 Å². The molecule has 15 heavy (non-hydrogen) atoms. The van der Waals surface area contributed by atoms with E-state index < -0.39 is 16.4 Å². The highest BCUT2D eigenvalue weighted by Gasteiger charge is 2.16. The molecule has 0 aliphatic heterocycles. The number of nitrogens with two attached hydrogens (primary N) is 1. The summed E-state index contributed by atoms with van der Waals surface area (Å²) in [6.07, 6.45) is 0. The molecule has 0 radical (unpaired) electrons. The van der Waals surface area contributed by atoms with E-state index >= 15 is 0 Å². The van der Waals surface area contributed by atoms with Gasteiger partial charge < -0.3 is 5.73 Å². The zero-order valence-electron chi connectivity index (χ0n) is 7.57. The van der Waals surface area contributed by atoms with Crippen molar-refractivity contribution in [2.45, 2.75) is 5.75 Å². The monoisotopic (exact) mass is 229 g/mol. The predicted octanol–water partition coefficient (Wildman–Crippen LogP) is 1.86. The Morgan fingerprint density at radius 1 is 1.67 bits per heavy atom. The summed E-state index contributed by atoms with van der Waals surface area (Å²) in [4.78, 5) is 9.62. The van der Waals surface area contributed by atoms with Gasteiger partial charge in [-0.15, -0.1) is 0 Å². The van der Waals surface area contributed by atoms with Gasteiger partial charge in [0.15, 0.2) is 5.17 Å². The molecule has 0 fully saturated rings. The highest BCUT2D eigenvalue weighted by Crippen LogP contribution is 2.23. The lowest BCUT2D eigenvalue weighted by molar-refractivity contribution is -0.387. The van der Waals surface area contributed by atoms with E-state index in [0.717, 1.165) is 17.8 Å². The first-order valence-corrected chi connectivity index (χ1v) is 4.89. The summed E-state index contributed by atoms with van der Waals surface area (Å²) in [7, 11) is 0. The van der Waals surface area contributed by atoms with Crippen molar-refractivity contribution in [3.8, 4) is 0 Å². The molecule has 0 atom stereocenters. The fourth-order valence-electron chi connectivity index (χ4n) is 0.974. The van der Waals surface area contributed by atoms with Crippen LogP contribution < -0.4 is 5.73 Å². The van der Waals surface area contributed by atoms with E-state index in [1.54, 1.807) is 0 Å². The summed E-state index contributed by atoms with van der Waals surface area (Å²) < 4.78 is 13.4. The number of nitro groups is 1. The zero-order valence-corrected chi connectivity index (χ0v) is 8.38. The molecule has 0 unspecified atom stereocenters. The molecule has 80 valence electrons. The van der Waals surface area contributed by atoms with Crippen molar-refractivity contribution in [3.63, 3.8) is 0 Å². The van der Waals surface area contributed by atoms with E-state index in [9.17, 15) is 14.5 Å². The van der Waals surface area contributed by atoms with E-state index in [1.807, 2.05) is 0 Å². The smallest absolute Gasteiger partial charge is 0.305 e. The molecule has 0 amide bonds. The van der Waals surface area contributed by atoms with Crippen LogP contribution in [0.4, 0.5) is 10.1 Å². The van der Waals surface area contributed by atoms with Gasteiger partial charge in [0.1, 0.15) is 0 Å². The van der Waals surface area contributed by atoms with E-state index in [-0.39, 0.29) is 16.5 Å². The normalized spacial score (nSPS) is 9.93. The average Bonchev–Trinajstić information content (AvgIpc) is 2.15. The number of hydrogen-bond acceptors (Lipinski definition) is 4. The standard InChI is InChI=1S/C8H8FN3O2S/c9-7-5(4-15-8(10)11)2-1-3-6(7)12(13)14/h1-3H,4H2,(H3,10,11). The Hall–Kier alpha value is -1.63. The lowest BCUT2D eigenvalue weighted by Crippen LogP contribution is -2.05. The lowest BCUT2D eigenvalue weighted by Gasteiger charge is -2.01. The van der Waals surface area contributed by atoms with Gasteiger partial charge >= 0.3 is 5.69 Å². The van der Waals surface area contributed by atoms with Gasteiger partial charge in [-0.05, 0) is 0 Å². The van der Waals surface area contributed by atoms with Crippen molar-refractivity contribution >= 4 is 22.6 Å². The Bertz CT molecular complexity index is 411. The minimum Gasteiger partial charge on any atom is -0.379 e. The Morgan fingerprint density at radius 2 is 2.33 bits per heavy atom. The molecule has 0 bridgehead atoms. The topological polar surface area (TPSA) is 93.0 Å². The molecule has 1 aromatic rings. The Balaban J connectivity index is 2.94. The van der Waals surface area contributed by atoms with Crippen molar-refractivity contribution in [1.82, 2.24) is 0 Å². The summed E-state index contributed by atoms with van der Waals surface area (Å²) in [5.74, 6) is -0.751. The van der Waals surface area contributed by atoms with Crippen LogP contribution in [-0.2, 0) is 5.75 Å². The summed E-state index contributed by atoms with van der Waals surface area (Å²) >= 11 is 0.917. The van der Waals surface area contributed by atoms with Crippen LogP contribution in [0.25, 0.3) is 0 Å². The molecule has 3 N–H and O–H groups in total. The van der Waals surface area contributed by atoms with Gasteiger partial charge in [0, 0.05) is 17.4 Å². The highest BCUT2D eigenvalue weighted by atomic mass is 32.2. The maximum absolute atomic E-state index is 13.4. The van der Waals surface area contributed by atoms with Crippen LogP contribution in [0.5, 0.6) is 0 Å². The second-order valence-corrected chi connectivity index (χ2v) is 3.68. The summed E-state index contributed by atoms with van der Waals surface area (Å²) in [5.41, 5.74) is 4.69. The first-order chi connectivity index (χ1) is 7.02. The lowest BCUT2D eigenvalue weighted by atomic mass is 10.2. The average molecular weight is 229 g/mol. The SMILES string of the molecule is N=C(N)SCc1cccc([N+](=O)[O-])c1F. The Morgan fingerprint density at radius 3 is 2.87 bits per heavy atom. The molecule has 0 spiro atoms. The number of nitrogens with zero attached hydrogens (tertiary/aromatic N) is 1. The van der Waals surface area contributed by atoms with E-state index in [2.05, 4.69) is 0 Å². The summed E-state index contributed by atoms with van der Waals surface area (Å²) in [6, 6.07) is 3.92. The van der Waals surface area contributed by atoms with Crippen molar-refractivity contribution in [1.29, 1.82) is 5.41 Å². The van der Waals surface area contributed by atoms with Crippen molar-refractivity contribution in [2.24, 2.45) is 5.73 Å². The van der Waals surface area contributed by atoms with Gasteiger partial charge in [0.2, 0.25) is 5.82 Å². The molecule has 0 saturated heterocycles. The molecule has 5 nitrogen and oxygen atoms in total. The maximum atomic E-state index is 13.4. The number of nitrogens with one attached hydrogen (secondary N) is 1. The van der Waals surface area contributed by atoms with E-state index in [4.69, 9.17) is 11.1 Å². The van der Waals surface area contributed by atoms with E-state index in [0.29, 0.717) is 0 Å². The highest BCUT2D eigenvalue weighted by molar-refractivity contribution is 8.13. The molecule has 0 saturated carbocycles. The molecule has 1 rings (SSSR count). The molecule has 0 aromatic heterocycles. The zero-order chi connectivity index (χ0) is 11.4. The molecule has 0 aliphatic carbocycles. The van der Waals surface area contributed by atoms with Crippen LogP contribution in [-0.4, -0.2) is 10.1 Å². The van der Waals surface area contributed by atoms with Crippen LogP contribution in [0.3, 0.4) is 0 Å². The maximum Gasteiger partial charge on any atom is 0.305 e. The molecule has 0 aliphatic rings. The third-order valence-electron chi connectivity index (χ3n) is 1.64. The number of hydrogen-bond donors (Lipinski definition) is 2. The Kier molecular flexibility index (Phi) is 3.62. The number of amidine groups is 1. The molecular formula is C8H8FN3O2S. The molecule has 7 heteroatoms. The minimum atomic E-state index is -0.865. The van der Waals surface area contributed by atoms with Crippen molar-refractivity contribution < 1.29 is 9.31 Å². The second kappa shape index (κ2) is 4.74. The number of rotatable bonds is 3. The summed E-state index contributed by atoms with van der Waals surface area (Å²) in [5, 5.41) is 17.2. The minimum absolute atomic E-state index is 0.114. The predicted molar refractivity (Wildman–Crippen MR) is 56.3 cm³/mol. The first-order valence-electron chi connectivity index (χ1n) is 3.91. The van der Waals surface area contributed by atoms with Crippen LogP contribution in [0.15, 0.2) is 18.2 Å². The number of benzene rings is 1. The van der Waals surface area contributed by atoms with Crippen LogP contribution in [0.2, 0.25) is 0 Å². The fraction of sp³-hybridized carbons (Fsp3) is 0.125. The molecule has 1 aromatic carbocycles. The van der Waals surface area contributed by atoms with E-state index in [1.165, 1.54) is 12.1 Å². The number of halogens is 1. The van der Waals surface area contributed by atoms with Gasteiger partial charge in [-0.3, -0.25) is 15.5 Å². The molecular weight excluding hydrogens is 221 g/mol. The second-order valence-electron chi connectivity index (χ2n) is 2.66. The largest absolute Gasteiger partial charge is 0.379 e. The van der Waals surface area contributed by atoms with Gasteiger partial charge in [-0.25, -0.2) is 0 Å². The number of thioether (sulfide) groups is 1. The van der Waals surface area contributed by atoms with Crippen molar-refractivity contribution in [3.05, 3.63) is 39.7 Å². The van der Waals surface area contributed by atoms with Crippen molar-refractivity contribution in [2.75, 3.05) is 0 Å². The third kappa shape index (κ3) is 2.91.